The SMILES string of the molecule is Cc1nc2c(c(C)c1CC(=O)N1CCCC(C(=O)NCCN)C1)c(=O)[nH]n2C.Cl. The van der Waals surface area contributed by atoms with Gasteiger partial charge >= 0.3 is 0 Å². The molecule has 1 aliphatic rings. The number of piperidine rings is 1. The Kier molecular flexibility index (Phi) is 7.43. The summed E-state index contributed by atoms with van der Waals surface area (Å²) in [4.78, 5) is 43.6. The number of nitrogens with two attached hydrogens (primary N) is 1. The zero-order valence-corrected chi connectivity index (χ0v) is 17.9. The molecule has 2 amide bonds. The lowest BCUT2D eigenvalue weighted by atomic mass is 9.95. The van der Waals surface area contributed by atoms with Crippen LogP contribution in [0, 0.1) is 19.8 Å². The molecule has 1 fully saturated rings. The summed E-state index contributed by atoms with van der Waals surface area (Å²) in [5, 5.41) is 6.04. The fourth-order valence-corrected chi connectivity index (χ4v) is 3.93. The number of hydrogen-bond acceptors (Lipinski definition) is 5. The number of carbonyl (C=O) groups is 2. The number of nitrogens with zero attached hydrogens (tertiary/aromatic N) is 3. The Bertz CT molecular complexity index is 967. The van der Waals surface area contributed by atoms with E-state index in [2.05, 4.69) is 15.4 Å². The average Bonchev–Trinajstić information content (AvgIpc) is 2.96. The van der Waals surface area contributed by atoms with Gasteiger partial charge in [0.05, 0.1) is 17.7 Å². The molecule has 1 saturated heterocycles. The topological polar surface area (TPSA) is 126 Å². The fourth-order valence-electron chi connectivity index (χ4n) is 3.93. The number of aryl methyl sites for hydroxylation is 3. The Morgan fingerprint density at radius 3 is 2.76 bits per heavy atom. The third-order valence-electron chi connectivity index (χ3n) is 5.49. The number of rotatable bonds is 5. The first-order valence-electron chi connectivity index (χ1n) is 9.63. The van der Waals surface area contributed by atoms with Crippen LogP contribution in [0.4, 0.5) is 0 Å². The molecule has 0 aromatic carbocycles. The van der Waals surface area contributed by atoms with Gasteiger partial charge in [0, 0.05) is 38.9 Å². The molecule has 1 aliphatic heterocycles. The zero-order valence-electron chi connectivity index (χ0n) is 17.1. The van der Waals surface area contributed by atoms with E-state index in [1.165, 1.54) is 0 Å². The Hall–Kier alpha value is -2.39. The largest absolute Gasteiger partial charge is 0.355 e. The number of fused-ring (bicyclic) bond motifs is 1. The molecule has 3 heterocycles. The molecule has 1 unspecified atom stereocenters. The molecule has 10 heteroatoms. The van der Waals surface area contributed by atoms with E-state index in [-0.39, 0.29) is 42.1 Å². The number of aromatic nitrogens is 3. The van der Waals surface area contributed by atoms with Crippen molar-refractivity contribution in [1.29, 1.82) is 0 Å². The summed E-state index contributed by atoms with van der Waals surface area (Å²) < 4.78 is 1.60. The molecule has 2 aromatic heterocycles. The highest BCUT2D eigenvalue weighted by Gasteiger charge is 2.29. The van der Waals surface area contributed by atoms with Crippen LogP contribution in [-0.4, -0.2) is 57.7 Å². The molecule has 4 N–H and O–H groups in total. The first-order valence-corrected chi connectivity index (χ1v) is 9.63. The van der Waals surface area contributed by atoms with Crippen molar-refractivity contribution in [3.8, 4) is 0 Å². The molecule has 0 spiro atoms. The minimum Gasteiger partial charge on any atom is -0.355 e. The summed E-state index contributed by atoms with van der Waals surface area (Å²) in [5.74, 6) is -0.297. The van der Waals surface area contributed by atoms with Crippen LogP contribution in [0.15, 0.2) is 4.79 Å². The normalized spacial score (nSPS) is 16.6. The van der Waals surface area contributed by atoms with Crippen LogP contribution in [0.3, 0.4) is 0 Å². The minimum absolute atomic E-state index is 0. The first-order chi connectivity index (χ1) is 13.3. The highest BCUT2D eigenvalue weighted by molar-refractivity contribution is 5.86. The second-order valence-corrected chi connectivity index (χ2v) is 7.43. The highest BCUT2D eigenvalue weighted by atomic mass is 35.5. The van der Waals surface area contributed by atoms with E-state index < -0.39 is 0 Å². The lowest BCUT2D eigenvalue weighted by Crippen LogP contribution is -2.46. The number of carbonyl (C=O) groups excluding carboxylic acids is 2. The Balaban J connectivity index is 0.00000300. The van der Waals surface area contributed by atoms with Gasteiger partial charge in [-0.05, 0) is 37.8 Å². The molecule has 0 saturated carbocycles. The van der Waals surface area contributed by atoms with Gasteiger partial charge in [-0.3, -0.25) is 24.2 Å². The van der Waals surface area contributed by atoms with Crippen molar-refractivity contribution >= 4 is 35.3 Å². The Morgan fingerprint density at radius 1 is 1.34 bits per heavy atom. The van der Waals surface area contributed by atoms with E-state index in [1.54, 1.807) is 16.6 Å². The van der Waals surface area contributed by atoms with Crippen LogP contribution < -0.4 is 16.6 Å². The van der Waals surface area contributed by atoms with Gasteiger partial charge in [-0.15, -0.1) is 12.4 Å². The lowest BCUT2D eigenvalue weighted by Gasteiger charge is -2.32. The van der Waals surface area contributed by atoms with Gasteiger partial charge in [-0.2, -0.15) is 0 Å². The number of H-pyrrole nitrogens is 1. The van der Waals surface area contributed by atoms with Crippen molar-refractivity contribution in [2.75, 3.05) is 26.2 Å². The van der Waals surface area contributed by atoms with Crippen LogP contribution >= 0.6 is 12.4 Å². The number of amides is 2. The molecule has 0 bridgehead atoms. The average molecular weight is 425 g/mol. The maximum Gasteiger partial charge on any atom is 0.273 e. The van der Waals surface area contributed by atoms with Crippen molar-refractivity contribution in [2.24, 2.45) is 18.7 Å². The van der Waals surface area contributed by atoms with Crippen molar-refractivity contribution in [1.82, 2.24) is 25.0 Å². The molecule has 160 valence electrons. The van der Waals surface area contributed by atoms with E-state index in [0.717, 1.165) is 29.7 Å². The van der Waals surface area contributed by atoms with Gasteiger partial charge in [0.2, 0.25) is 11.8 Å². The number of nitrogens with one attached hydrogen (secondary N) is 2. The highest BCUT2D eigenvalue weighted by Crippen LogP contribution is 2.22. The second kappa shape index (κ2) is 9.41. The predicted molar refractivity (Wildman–Crippen MR) is 113 cm³/mol. The molecular weight excluding hydrogens is 396 g/mol. The predicted octanol–water partition coefficient (Wildman–Crippen LogP) is 0.156. The number of halogens is 1. The standard InChI is InChI=1S/C19H28N6O3.ClH/c1-11-14(12(2)22-17-16(11)19(28)23-24(17)3)9-15(26)25-8-4-5-13(10-25)18(27)21-7-6-20;/h13H,4-10,20H2,1-3H3,(H,21,27)(H,23,28);1H. The number of pyridine rings is 1. The molecule has 0 radical (unpaired) electrons. The molecule has 0 aliphatic carbocycles. The van der Waals surface area contributed by atoms with E-state index in [1.807, 2.05) is 13.8 Å². The van der Waals surface area contributed by atoms with E-state index in [0.29, 0.717) is 37.2 Å². The zero-order chi connectivity index (χ0) is 20.4. The molecule has 9 nitrogen and oxygen atoms in total. The maximum absolute atomic E-state index is 12.9. The molecule has 2 aromatic rings. The maximum atomic E-state index is 12.9. The van der Waals surface area contributed by atoms with Crippen LogP contribution in [0.25, 0.3) is 11.0 Å². The quantitative estimate of drug-likeness (QED) is 0.630. The van der Waals surface area contributed by atoms with Crippen LogP contribution in [0.1, 0.15) is 29.7 Å². The lowest BCUT2D eigenvalue weighted by molar-refractivity contribution is -0.135. The third kappa shape index (κ3) is 4.62. The number of aromatic amines is 1. The van der Waals surface area contributed by atoms with Gasteiger partial charge in [0.25, 0.3) is 5.56 Å². The van der Waals surface area contributed by atoms with E-state index in [4.69, 9.17) is 5.73 Å². The summed E-state index contributed by atoms with van der Waals surface area (Å²) >= 11 is 0. The van der Waals surface area contributed by atoms with E-state index in [9.17, 15) is 14.4 Å². The van der Waals surface area contributed by atoms with Crippen molar-refractivity contribution in [3.05, 3.63) is 27.2 Å². The van der Waals surface area contributed by atoms with Crippen LogP contribution in [0.5, 0.6) is 0 Å². The van der Waals surface area contributed by atoms with Crippen molar-refractivity contribution in [2.45, 2.75) is 33.1 Å². The first kappa shape index (κ1) is 22.9. The summed E-state index contributed by atoms with van der Waals surface area (Å²) in [5.41, 5.74) is 8.13. The summed E-state index contributed by atoms with van der Waals surface area (Å²) in [6.45, 7) is 5.60. The molecule has 29 heavy (non-hydrogen) atoms. The summed E-state index contributed by atoms with van der Waals surface area (Å²) in [7, 11) is 1.74. The Labute approximate surface area is 175 Å². The van der Waals surface area contributed by atoms with E-state index >= 15 is 0 Å². The molecular formula is C19H29ClN6O3. The van der Waals surface area contributed by atoms with Gasteiger partial charge in [-0.1, -0.05) is 0 Å². The monoisotopic (exact) mass is 424 g/mol. The van der Waals surface area contributed by atoms with Crippen molar-refractivity contribution < 1.29 is 9.59 Å². The number of hydrogen-bond donors (Lipinski definition) is 3. The summed E-state index contributed by atoms with van der Waals surface area (Å²) in [6, 6.07) is 0. The minimum atomic E-state index is -0.205. The van der Waals surface area contributed by atoms with Crippen molar-refractivity contribution in [3.63, 3.8) is 0 Å². The van der Waals surface area contributed by atoms with Gasteiger partial charge in [-0.25, -0.2) is 4.98 Å². The molecule has 3 rings (SSSR count). The fraction of sp³-hybridized carbons (Fsp3) is 0.579. The summed E-state index contributed by atoms with van der Waals surface area (Å²) in [6.07, 6.45) is 1.73. The van der Waals surface area contributed by atoms with Crippen LogP contribution in [0.2, 0.25) is 0 Å². The van der Waals surface area contributed by atoms with Gasteiger partial charge in [0.1, 0.15) is 0 Å². The van der Waals surface area contributed by atoms with Crippen LogP contribution in [-0.2, 0) is 23.1 Å². The molecule has 1 atom stereocenters. The third-order valence-corrected chi connectivity index (χ3v) is 5.49. The van der Waals surface area contributed by atoms with Gasteiger partial charge < -0.3 is 16.0 Å². The smallest absolute Gasteiger partial charge is 0.273 e. The van der Waals surface area contributed by atoms with Gasteiger partial charge in [0.15, 0.2) is 5.65 Å². The Morgan fingerprint density at radius 2 is 2.07 bits per heavy atom. The number of likely N-dealkylation sites (tertiary alicyclic amines) is 1. The second-order valence-electron chi connectivity index (χ2n) is 7.43.